The summed E-state index contributed by atoms with van der Waals surface area (Å²) in [7, 11) is 2.01. The van der Waals surface area contributed by atoms with Crippen molar-refractivity contribution in [3.63, 3.8) is 0 Å². The first-order chi connectivity index (χ1) is 2.43. The summed E-state index contributed by atoms with van der Waals surface area (Å²) >= 11 is 0. The average molecular weight is 108 g/mol. The molecule has 0 aliphatic heterocycles. The van der Waals surface area contributed by atoms with Crippen molar-refractivity contribution in [3.05, 3.63) is 0 Å². The van der Waals surface area contributed by atoms with Crippen LogP contribution in [-0.4, -0.2) is 13.1 Å². The van der Waals surface area contributed by atoms with Crippen LogP contribution in [0.15, 0.2) is 0 Å². The Labute approximate surface area is 44.5 Å². The van der Waals surface area contributed by atoms with E-state index in [2.05, 4.69) is 5.32 Å². The largest absolute Gasteiger partial charge is 0.317 e. The van der Waals surface area contributed by atoms with Gasteiger partial charge in [-0.15, -0.1) is 12.4 Å². The zero-order chi connectivity index (χ0) is 3.70. The number of halogens is 1. The lowest BCUT2D eigenvalue weighted by molar-refractivity contribution is 0.811. The molecule has 2 heteroatoms. The van der Waals surface area contributed by atoms with Crippen molar-refractivity contribution < 1.29 is 0 Å². The third kappa shape index (κ3) is 1.63. The fraction of sp³-hybridized carbons (Fsp3) is 1.00. The first-order valence-electron chi connectivity index (χ1n) is 2.11. The molecule has 0 spiro atoms. The number of hydrogen-bond donors (Lipinski definition) is 1. The molecule has 0 saturated heterocycles. The van der Waals surface area contributed by atoms with Gasteiger partial charge in [0, 0.05) is 6.04 Å². The van der Waals surface area contributed by atoms with E-state index in [0.717, 1.165) is 6.04 Å². The Kier molecular flexibility index (Phi) is 2.53. The summed E-state index contributed by atoms with van der Waals surface area (Å²) in [6, 6.07) is 0.884. The molecular formula is C4H10ClN. The molecule has 1 rings (SSSR count). The van der Waals surface area contributed by atoms with Crippen LogP contribution in [0.2, 0.25) is 0 Å². The van der Waals surface area contributed by atoms with Gasteiger partial charge < -0.3 is 5.32 Å². The molecule has 1 nitrogen and oxygen atoms in total. The van der Waals surface area contributed by atoms with Crippen molar-refractivity contribution >= 4 is 12.4 Å². The van der Waals surface area contributed by atoms with Gasteiger partial charge in [0.1, 0.15) is 0 Å². The first-order valence-corrected chi connectivity index (χ1v) is 2.11. The van der Waals surface area contributed by atoms with Crippen LogP contribution >= 0.6 is 12.4 Å². The normalized spacial score (nSPS) is 19.5. The molecule has 6 heavy (non-hydrogen) atoms. The van der Waals surface area contributed by atoms with E-state index in [-0.39, 0.29) is 12.4 Å². The molecule has 1 N–H and O–H groups in total. The standard InChI is InChI=1S/C4H9N.ClH/c1-5-4-2-3-4;/h4-5H,2-3H2,1H3;1H. The van der Waals surface area contributed by atoms with Gasteiger partial charge in [-0.2, -0.15) is 0 Å². The van der Waals surface area contributed by atoms with Crippen LogP contribution < -0.4 is 5.32 Å². The summed E-state index contributed by atoms with van der Waals surface area (Å²) in [5.41, 5.74) is 0. The summed E-state index contributed by atoms with van der Waals surface area (Å²) < 4.78 is 0. The summed E-state index contributed by atoms with van der Waals surface area (Å²) in [5.74, 6) is 0. The molecule has 0 aromatic rings. The maximum absolute atomic E-state index is 3.14. The van der Waals surface area contributed by atoms with Crippen LogP contribution in [0.5, 0.6) is 0 Å². The van der Waals surface area contributed by atoms with E-state index in [1.54, 1.807) is 0 Å². The molecule has 1 aliphatic carbocycles. The van der Waals surface area contributed by atoms with Crippen molar-refractivity contribution in [2.75, 3.05) is 7.05 Å². The lowest BCUT2D eigenvalue weighted by atomic mass is 10.7. The predicted octanol–water partition coefficient (Wildman–Crippen LogP) is 0.790. The zero-order valence-electron chi connectivity index (χ0n) is 3.90. The quantitative estimate of drug-likeness (QED) is 0.523. The van der Waals surface area contributed by atoms with Crippen LogP contribution in [0.4, 0.5) is 0 Å². The van der Waals surface area contributed by atoms with Gasteiger partial charge in [-0.3, -0.25) is 0 Å². The second-order valence-corrected chi connectivity index (χ2v) is 1.56. The first kappa shape index (κ1) is 6.25. The molecule has 38 valence electrons. The summed E-state index contributed by atoms with van der Waals surface area (Å²) in [5, 5.41) is 3.14. The molecule has 0 radical (unpaired) electrons. The van der Waals surface area contributed by atoms with Crippen LogP contribution in [-0.2, 0) is 0 Å². The van der Waals surface area contributed by atoms with E-state index in [0.29, 0.717) is 0 Å². The van der Waals surface area contributed by atoms with Crippen molar-refractivity contribution in [3.8, 4) is 0 Å². The SMILES string of the molecule is CNC1CC1.Cl. The highest BCUT2D eigenvalue weighted by molar-refractivity contribution is 5.85. The Bertz CT molecular complexity index is 34.5. The fourth-order valence-electron chi connectivity index (χ4n) is 0.372. The van der Waals surface area contributed by atoms with E-state index in [9.17, 15) is 0 Å². The van der Waals surface area contributed by atoms with Crippen LogP contribution in [0.3, 0.4) is 0 Å². The second kappa shape index (κ2) is 2.43. The van der Waals surface area contributed by atoms with Gasteiger partial charge in [-0.25, -0.2) is 0 Å². The maximum atomic E-state index is 3.14. The fourth-order valence-corrected chi connectivity index (χ4v) is 0.372. The van der Waals surface area contributed by atoms with Gasteiger partial charge in [0.25, 0.3) is 0 Å². The Hall–Kier alpha value is 0.250. The Balaban J connectivity index is 0.000000250. The lowest BCUT2D eigenvalue weighted by Gasteiger charge is -1.80. The molecular weight excluding hydrogens is 97.5 g/mol. The molecule has 1 aliphatic rings. The van der Waals surface area contributed by atoms with Crippen molar-refractivity contribution in [2.45, 2.75) is 18.9 Å². The Morgan fingerprint density at radius 2 is 2.00 bits per heavy atom. The molecule has 0 heterocycles. The van der Waals surface area contributed by atoms with Crippen molar-refractivity contribution in [1.29, 1.82) is 0 Å². The van der Waals surface area contributed by atoms with Crippen LogP contribution in [0.25, 0.3) is 0 Å². The molecule has 1 fully saturated rings. The minimum atomic E-state index is 0. The van der Waals surface area contributed by atoms with Crippen molar-refractivity contribution in [1.82, 2.24) is 5.32 Å². The molecule has 0 bridgehead atoms. The minimum absolute atomic E-state index is 0. The van der Waals surface area contributed by atoms with E-state index in [1.807, 2.05) is 7.05 Å². The second-order valence-electron chi connectivity index (χ2n) is 1.56. The van der Waals surface area contributed by atoms with Gasteiger partial charge in [0.05, 0.1) is 0 Å². The van der Waals surface area contributed by atoms with Gasteiger partial charge in [-0.05, 0) is 19.9 Å². The number of hydrogen-bond acceptors (Lipinski definition) is 1. The van der Waals surface area contributed by atoms with E-state index in [1.165, 1.54) is 12.8 Å². The van der Waals surface area contributed by atoms with Gasteiger partial charge >= 0.3 is 0 Å². The molecule has 0 amide bonds. The highest BCUT2D eigenvalue weighted by atomic mass is 35.5. The number of rotatable bonds is 1. The van der Waals surface area contributed by atoms with E-state index in [4.69, 9.17) is 0 Å². The smallest absolute Gasteiger partial charge is 0.00652 e. The van der Waals surface area contributed by atoms with E-state index >= 15 is 0 Å². The predicted molar refractivity (Wildman–Crippen MR) is 29.3 cm³/mol. The Morgan fingerprint density at radius 1 is 1.50 bits per heavy atom. The lowest BCUT2D eigenvalue weighted by Crippen LogP contribution is -2.06. The number of nitrogens with one attached hydrogen (secondary N) is 1. The highest BCUT2D eigenvalue weighted by Gasteiger charge is 2.17. The monoisotopic (exact) mass is 107 g/mol. The zero-order valence-corrected chi connectivity index (χ0v) is 4.72. The Morgan fingerprint density at radius 3 is 2.00 bits per heavy atom. The summed E-state index contributed by atoms with van der Waals surface area (Å²) in [4.78, 5) is 0. The van der Waals surface area contributed by atoms with E-state index < -0.39 is 0 Å². The molecule has 0 aromatic carbocycles. The molecule has 0 aromatic heterocycles. The molecule has 1 saturated carbocycles. The highest BCUT2D eigenvalue weighted by Crippen LogP contribution is 2.16. The van der Waals surface area contributed by atoms with Gasteiger partial charge in [0.2, 0.25) is 0 Å². The summed E-state index contributed by atoms with van der Waals surface area (Å²) in [6.07, 6.45) is 2.80. The third-order valence-corrected chi connectivity index (χ3v) is 0.986. The van der Waals surface area contributed by atoms with Gasteiger partial charge in [-0.1, -0.05) is 0 Å². The molecule has 0 atom stereocenters. The van der Waals surface area contributed by atoms with Crippen molar-refractivity contribution in [2.24, 2.45) is 0 Å². The van der Waals surface area contributed by atoms with Gasteiger partial charge in [0.15, 0.2) is 0 Å². The van der Waals surface area contributed by atoms with Crippen LogP contribution in [0.1, 0.15) is 12.8 Å². The average Bonchev–Trinajstić information content (AvgIpc) is 2.12. The molecule has 0 unspecified atom stereocenters. The maximum Gasteiger partial charge on any atom is 0.00652 e. The summed E-state index contributed by atoms with van der Waals surface area (Å²) in [6.45, 7) is 0. The van der Waals surface area contributed by atoms with Crippen LogP contribution in [0, 0.1) is 0 Å². The minimum Gasteiger partial charge on any atom is -0.317 e. The third-order valence-electron chi connectivity index (χ3n) is 0.986. The topological polar surface area (TPSA) is 12.0 Å².